The highest BCUT2D eigenvalue weighted by molar-refractivity contribution is 6.04. The maximum absolute atomic E-state index is 16.8. The quantitative estimate of drug-likeness (QED) is 0.335. The van der Waals surface area contributed by atoms with Crippen LogP contribution >= 0.6 is 0 Å². The Morgan fingerprint density at radius 3 is 2.68 bits per heavy atom. The molecule has 9 nitrogen and oxygen atoms in total. The molecule has 3 saturated heterocycles. The molecule has 4 aromatic rings. The molecule has 8 rings (SSSR count). The fourth-order valence-corrected chi connectivity index (χ4v) is 7.48. The second-order valence-electron chi connectivity index (χ2n) is 12.0. The summed E-state index contributed by atoms with van der Waals surface area (Å²) in [6.07, 6.45) is 9.84. The first-order valence-corrected chi connectivity index (χ1v) is 14.9. The van der Waals surface area contributed by atoms with Crippen molar-refractivity contribution in [2.24, 2.45) is 0 Å². The molecule has 1 atom stereocenters. The first-order valence-electron chi connectivity index (χ1n) is 14.9. The molecule has 0 unspecified atom stereocenters. The Balaban J connectivity index is 1.35. The van der Waals surface area contributed by atoms with Gasteiger partial charge in [-0.3, -0.25) is 4.90 Å². The van der Waals surface area contributed by atoms with Crippen molar-refractivity contribution in [1.82, 2.24) is 25.2 Å². The Morgan fingerprint density at radius 2 is 1.89 bits per heavy atom. The highest BCUT2D eigenvalue weighted by Gasteiger charge is 2.45. The topological polar surface area (TPSA) is 95.9 Å². The highest BCUT2D eigenvalue weighted by atomic mass is 19.2. The molecule has 2 N–H and O–H groups in total. The number of terminal acetylenes is 1. The zero-order chi connectivity index (χ0) is 30.2. The van der Waals surface area contributed by atoms with E-state index in [1.807, 2.05) is 0 Å². The van der Waals surface area contributed by atoms with Gasteiger partial charge in [-0.15, -0.1) is 6.42 Å². The predicted octanol–water partition coefficient (Wildman–Crippen LogP) is 4.13. The van der Waals surface area contributed by atoms with E-state index >= 15 is 4.39 Å². The largest absolute Gasteiger partial charge is 0.508 e. The number of nitrogens with one attached hydrogen (secondary N) is 1. The van der Waals surface area contributed by atoms with E-state index in [9.17, 15) is 13.9 Å². The number of anilines is 1. The molecule has 4 aliphatic rings. The van der Waals surface area contributed by atoms with E-state index in [0.717, 1.165) is 44.8 Å². The lowest BCUT2D eigenvalue weighted by Gasteiger charge is -2.35. The molecule has 2 aromatic carbocycles. The molecule has 0 aliphatic carbocycles. The van der Waals surface area contributed by atoms with Crippen molar-refractivity contribution in [2.75, 3.05) is 50.8 Å². The number of phenols is 1. The molecule has 12 heteroatoms. The minimum Gasteiger partial charge on any atom is -0.508 e. The third-order valence-electron chi connectivity index (χ3n) is 9.54. The third kappa shape index (κ3) is 4.06. The van der Waals surface area contributed by atoms with Gasteiger partial charge in [0.2, 0.25) is 5.88 Å². The smallest absolute Gasteiger partial charge is 0.319 e. The third-order valence-corrected chi connectivity index (χ3v) is 9.54. The molecule has 4 aliphatic heterocycles. The van der Waals surface area contributed by atoms with E-state index in [1.54, 1.807) is 0 Å². The first-order chi connectivity index (χ1) is 21.4. The van der Waals surface area contributed by atoms with Crippen LogP contribution in [0.4, 0.5) is 19.0 Å². The molecule has 0 saturated carbocycles. The summed E-state index contributed by atoms with van der Waals surface area (Å²) in [5, 5.41) is 14.3. The van der Waals surface area contributed by atoms with Gasteiger partial charge < -0.3 is 24.8 Å². The number of halogens is 3. The summed E-state index contributed by atoms with van der Waals surface area (Å²) < 4.78 is 58.6. The number of pyridine rings is 1. The highest BCUT2D eigenvalue weighted by Crippen LogP contribution is 2.44. The monoisotopic (exact) mass is 602 g/mol. The van der Waals surface area contributed by atoms with Crippen LogP contribution in [0.3, 0.4) is 0 Å². The van der Waals surface area contributed by atoms with Crippen LogP contribution in [0.25, 0.3) is 32.9 Å². The number of fused-ring (bicyclic) bond motifs is 4. The summed E-state index contributed by atoms with van der Waals surface area (Å²) in [5.74, 6) is -0.850. The Morgan fingerprint density at radius 1 is 1.07 bits per heavy atom. The normalized spacial score (nSPS) is 20.7. The van der Waals surface area contributed by atoms with Crippen LogP contribution < -0.4 is 19.7 Å². The molecule has 0 amide bonds. The van der Waals surface area contributed by atoms with Crippen LogP contribution in [0.2, 0.25) is 0 Å². The van der Waals surface area contributed by atoms with Gasteiger partial charge in [0.05, 0.1) is 17.1 Å². The number of aromatic nitrogens is 3. The van der Waals surface area contributed by atoms with Gasteiger partial charge in [-0.25, -0.2) is 18.2 Å². The van der Waals surface area contributed by atoms with Crippen LogP contribution in [-0.4, -0.2) is 82.5 Å². The summed E-state index contributed by atoms with van der Waals surface area (Å²) in [5.41, 5.74) is -0.871. The van der Waals surface area contributed by atoms with Crippen molar-refractivity contribution in [3.05, 3.63) is 41.2 Å². The molecule has 226 valence electrons. The molecule has 0 bridgehead atoms. The van der Waals surface area contributed by atoms with Crippen LogP contribution in [0.5, 0.6) is 17.6 Å². The van der Waals surface area contributed by atoms with Crippen molar-refractivity contribution in [1.29, 1.82) is 0 Å². The van der Waals surface area contributed by atoms with E-state index in [4.69, 9.17) is 20.9 Å². The number of piperazine rings is 1. The fourth-order valence-electron chi connectivity index (χ4n) is 7.48. The van der Waals surface area contributed by atoms with Gasteiger partial charge in [0, 0.05) is 30.6 Å². The summed E-state index contributed by atoms with van der Waals surface area (Å²) in [6.45, 7) is 4.61. The molecule has 0 spiro atoms. The predicted molar refractivity (Wildman–Crippen MR) is 158 cm³/mol. The maximum atomic E-state index is 16.8. The van der Waals surface area contributed by atoms with Crippen molar-refractivity contribution >= 4 is 27.5 Å². The minimum atomic E-state index is -1.25. The lowest BCUT2D eigenvalue weighted by molar-refractivity contribution is 0.108. The fraction of sp³-hybridized carbons (Fsp3) is 0.406. The van der Waals surface area contributed by atoms with E-state index in [2.05, 4.69) is 31.0 Å². The second kappa shape index (κ2) is 10.1. The summed E-state index contributed by atoms with van der Waals surface area (Å²) in [4.78, 5) is 18.5. The Labute approximate surface area is 251 Å². The van der Waals surface area contributed by atoms with Crippen LogP contribution in [0, 0.1) is 29.8 Å². The van der Waals surface area contributed by atoms with E-state index in [0.29, 0.717) is 37.4 Å². The lowest BCUT2D eigenvalue weighted by Crippen LogP contribution is -2.53. The van der Waals surface area contributed by atoms with Gasteiger partial charge in [0.15, 0.2) is 17.5 Å². The van der Waals surface area contributed by atoms with Gasteiger partial charge >= 0.3 is 6.01 Å². The first kappa shape index (κ1) is 27.2. The van der Waals surface area contributed by atoms with Crippen LogP contribution in [-0.2, 0) is 0 Å². The Hall–Kier alpha value is -4.34. The average Bonchev–Trinajstić information content (AvgIpc) is 3.56. The number of hydrogen-bond donors (Lipinski definition) is 2. The Kier molecular flexibility index (Phi) is 6.25. The van der Waals surface area contributed by atoms with Crippen molar-refractivity contribution in [3.63, 3.8) is 0 Å². The Bertz CT molecular complexity index is 1890. The standard InChI is InChI=1S/C32H29F3N6O3/c1-2-20-23-17(12-22(33)25(20)34)11-19(42)13-21(23)27-26(35)28-24-29(41-10-7-36-14-18(41)15-43-30(24)37-27)39-31(38-28)44-16-32-5-3-8-40(32)9-4-6-32/h1,11-13,18,36,42H,3-10,14-16H2/t18-/m0/s1. The second-order valence-corrected chi connectivity index (χ2v) is 12.0. The van der Waals surface area contributed by atoms with Gasteiger partial charge in [0.1, 0.15) is 41.4 Å². The lowest BCUT2D eigenvalue weighted by atomic mass is 9.95. The van der Waals surface area contributed by atoms with Crippen molar-refractivity contribution < 1.29 is 27.8 Å². The molecular formula is C32H29F3N6O3. The number of hydrogen-bond acceptors (Lipinski definition) is 9. The molecule has 0 radical (unpaired) electrons. The zero-order valence-corrected chi connectivity index (χ0v) is 23.8. The zero-order valence-electron chi connectivity index (χ0n) is 23.8. The summed E-state index contributed by atoms with van der Waals surface area (Å²) in [6, 6.07) is 3.30. The van der Waals surface area contributed by atoms with E-state index in [1.165, 1.54) is 12.1 Å². The van der Waals surface area contributed by atoms with Gasteiger partial charge in [0.25, 0.3) is 0 Å². The molecular weight excluding hydrogens is 573 g/mol. The van der Waals surface area contributed by atoms with Gasteiger partial charge in [-0.2, -0.15) is 9.97 Å². The summed E-state index contributed by atoms with van der Waals surface area (Å²) >= 11 is 0. The van der Waals surface area contributed by atoms with Gasteiger partial charge in [-0.05, 0) is 62.4 Å². The summed E-state index contributed by atoms with van der Waals surface area (Å²) in [7, 11) is 0. The van der Waals surface area contributed by atoms with Gasteiger partial charge in [-0.1, -0.05) is 5.92 Å². The molecule has 6 heterocycles. The number of aromatic hydroxyl groups is 1. The number of benzene rings is 2. The molecule has 44 heavy (non-hydrogen) atoms. The van der Waals surface area contributed by atoms with Crippen LogP contribution in [0.1, 0.15) is 31.2 Å². The molecule has 2 aromatic heterocycles. The van der Waals surface area contributed by atoms with E-state index in [-0.39, 0.29) is 63.4 Å². The number of ether oxygens (including phenoxy) is 2. The maximum Gasteiger partial charge on any atom is 0.319 e. The van der Waals surface area contributed by atoms with Crippen molar-refractivity contribution in [2.45, 2.75) is 37.3 Å². The SMILES string of the molecule is C#Cc1c(F)c(F)cc2cc(O)cc(-c3nc4c5c(nc(OCC67CCCN6CCC7)nc5c3F)N3CCNC[C@H]3CO4)c12. The number of phenolic OH excluding ortho intramolecular Hbond substituents is 1. The molecule has 3 fully saturated rings. The van der Waals surface area contributed by atoms with Crippen LogP contribution in [0.15, 0.2) is 18.2 Å². The number of nitrogens with zero attached hydrogens (tertiary/aromatic N) is 5. The number of rotatable bonds is 4. The minimum absolute atomic E-state index is 0.0243. The van der Waals surface area contributed by atoms with E-state index < -0.39 is 23.0 Å². The average molecular weight is 603 g/mol. The van der Waals surface area contributed by atoms with Crippen molar-refractivity contribution in [3.8, 4) is 41.2 Å².